The van der Waals surface area contributed by atoms with Crippen LogP contribution in [0.15, 0.2) is 30.3 Å². The zero-order valence-electron chi connectivity index (χ0n) is 10.8. The fourth-order valence-corrected chi connectivity index (χ4v) is 2.14. The second-order valence-corrected chi connectivity index (χ2v) is 5.70. The minimum Gasteiger partial charge on any atom is -0.452 e. The Labute approximate surface area is 112 Å². The van der Waals surface area contributed by atoms with Crippen molar-refractivity contribution in [3.05, 3.63) is 35.9 Å². The fourth-order valence-electron chi connectivity index (χ4n) is 1.09. The molecule has 106 valence electrons. The Bertz CT molecular complexity index is 496. The first-order valence-electron chi connectivity index (χ1n) is 5.67. The number of amides is 1. The van der Waals surface area contributed by atoms with Gasteiger partial charge in [-0.3, -0.25) is 0 Å². The molecule has 19 heavy (non-hydrogen) atoms. The summed E-state index contributed by atoms with van der Waals surface area (Å²) in [6.07, 6.45) is -0.397. The molecule has 1 N–H and O–H groups in total. The predicted octanol–water partition coefficient (Wildman–Crippen LogP) is 1.28. The highest BCUT2D eigenvalue weighted by atomic mass is 32.2. The summed E-state index contributed by atoms with van der Waals surface area (Å²) in [7, 11) is -2.57. The molecule has 0 bridgehead atoms. The van der Waals surface area contributed by atoms with Gasteiger partial charge >= 0.3 is 6.09 Å². The summed E-state index contributed by atoms with van der Waals surface area (Å²) in [6, 6.07) is 8.56. The number of sulfonamides is 1. The van der Waals surface area contributed by atoms with Crippen LogP contribution in [0, 0.1) is 0 Å². The van der Waals surface area contributed by atoms with Gasteiger partial charge < -0.3 is 9.47 Å². The van der Waals surface area contributed by atoms with E-state index in [1.165, 1.54) is 0 Å². The maximum atomic E-state index is 11.4. The quantitative estimate of drug-likeness (QED) is 0.846. The van der Waals surface area contributed by atoms with E-state index in [1.54, 1.807) is 35.1 Å². The molecule has 1 unspecified atom stereocenters. The van der Waals surface area contributed by atoms with Gasteiger partial charge in [-0.05, 0) is 12.5 Å². The maximum Gasteiger partial charge on any atom is 0.420 e. The number of rotatable bonds is 3. The normalized spacial score (nSPS) is 16.8. The highest BCUT2D eigenvalue weighted by molar-refractivity contribution is 7.89. The Kier molecular flexibility index (Phi) is 5.78. The number of hydrogen-bond donors (Lipinski definition) is 1. The van der Waals surface area contributed by atoms with Gasteiger partial charge in [0.05, 0.1) is 25.6 Å². The monoisotopic (exact) mass is 287 g/mol. The van der Waals surface area contributed by atoms with Gasteiger partial charge in [0, 0.05) is 0 Å². The highest BCUT2D eigenvalue weighted by Gasteiger charge is 2.15. The van der Waals surface area contributed by atoms with Gasteiger partial charge in [0.15, 0.2) is 0 Å². The summed E-state index contributed by atoms with van der Waals surface area (Å²) in [5.74, 6) is -0.247. The van der Waals surface area contributed by atoms with Crippen LogP contribution in [0.1, 0.15) is 12.5 Å². The standard InChI is InChI=1S/C9H11NO4S.C3H6O/c1-14-9(11)10-15(12,13)7-8-5-3-2-4-6-8;1-3-2-4-3/h2-6H,7H2,1H3,(H,10,11);3H,2H2,1H3. The van der Waals surface area contributed by atoms with Gasteiger partial charge in [0.25, 0.3) is 0 Å². The smallest absolute Gasteiger partial charge is 0.420 e. The van der Waals surface area contributed by atoms with Crippen molar-refractivity contribution in [2.45, 2.75) is 18.8 Å². The lowest BCUT2D eigenvalue weighted by Gasteiger charge is -2.05. The first-order valence-corrected chi connectivity index (χ1v) is 7.32. The molecule has 1 aromatic rings. The van der Waals surface area contributed by atoms with E-state index in [0.717, 1.165) is 13.7 Å². The number of ether oxygens (including phenoxy) is 2. The Morgan fingerprint density at radius 1 is 1.42 bits per heavy atom. The molecule has 0 aromatic heterocycles. The third-order valence-electron chi connectivity index (χ3n) is 2.12. The van der Waals surface area contributed by atoms with Gasteiger partial charge in [0.1, 0.15) is 0 Å². The van der Waals surface area contributed by atoms with Crippen molar-refractivity contribution in [1.29, 1.82) is 0 Å². The van der Waals surface area contributed by atoms with Crippen molar-refractivity contribution in [2.24, 2.45) is 0 Å². The van der Waals surface area contributed by atoms with E-state index in [4.69, 9.17) is 4.74 Å². The topological polar surface area (TPSA) is 85.0 Å². The Morgan fingerprint density at radius 3 is 2.37 bits per heavy atom. The summed E-state index contributed by atoms with van der Waals surface area (Å²) < 4.78 is 33.4. The molecule has 6 nitrogen and oxygen atoms in total. The molecule has 1 saturated heterocycles. The average Bonchev–Trinajstić information content (AvgIpc) is 3.12. The second-order valence-electron chi connectivity index (χ2n) is 3.98. The summed E-state index contributed by atoms with van der Waals surface area (Å²) in [5, 5.41) is 0. The predicted molar refractivity (Wildman–Crippen MR) is 70.0 cm³/mol. The number of nitrogens with one attached hydrogen (secondary N) is 1. The number of benzene rings is 1. The highest BCUT2D eigenvalue weighted by Crippen LogP contribution is 2.04. The Hall–Kier alpha value is -1.60. The van der Waals surface area contributed by atoms with E-state index < -0.39 is 16.1 Å². The average molecular weight is 287 g/mol. The summed E-state index contributed by atoms with van der Waals surface area (Å²) >= 11 is 0. The minimum atomic E-state index is -3.67. The van der Waals surface area contributed by atoms with Crippen LogP contribution in [0.4, 0.5) is 4.79 Å². The lowest BCUT2D eigenvalue weighted by atomic mass is 10.2. The molecule has 0 aliphatic carbocycles. The molecule has 0 saturated carbocycles. The van der Waals surface area contributed by atoms with E-state index >= 15 is 0 Å². The molecule has 1 atom stereocenters. The van der Waals surface area contributed by atoms with E-state index in [-0.39, 0.29) is 5.75 Å². The van der Waals surface area contributed by atoms with Crippen molar-refractivity contribution >= 4 is 16.1 Å². The largest absolute Gasteiger partial charge is 0.452 e. The molecule has 1 fully saturated rings. The van der Waals surface area contributed by atoms with Gasteiger partial charge in [0.2, 0.25) is 10.0 Å². The molecular formula is C12H17NO5S. The molecule has 0 radical (unpaired) electrons. The molecular weight excluding hydrogens is 270 g/mol. The summed E-state index contributed by atoms with van der Waals surface area (Å²) in [6.45, 7) is 3.04. The molecule has 7 heteroatoms. The maximum absolute atomic E-state index is 11.4. The van der Waals surface area contributed by atoms with Crippen molar-refractivity contribution in [3.63, 3.8) is 0 Å². The molecule has 1 aromatic carbocycles. The van der Waals surface area contributed by atoms with Crippen LogP contribution < -0.4 is 4.72 Å². The summed E-state index contributed by atoms with van der Waals surface area (Å²) in [5.41, 5.74) is 0.605. The van der Waals surface area contributed by atoms with Crippen LogP contribution in [0.3, 0.4) is 0 Å². The van der Waals surface area contributed by atoms with E-state index in [1.807, 2.05) is 0 Å². The second kappa shape index (κ2) is 7.10. The lowest BCUT2D eigenvalue weighted by Crippen LogP contribution is -2.31. The third kappa shape index (κ3) is 7.43. The fraction of sp³-hybridized carbons (Fsp3) is 0.417. The van der Waals surface area contributed by atoms with Crippen LogP contribution in [-0.2, 0) is 25.2 Å². The van der Waals surface area contributed by atoms with Crippen molar-refractivity contribution in [3.8, 4) is 0 Å². The molecule has 2 rings (SSSR count). The van der Waals surface area contributed by atoms with E-state index in [9.17, 15) is 13.2 Å². The number of carbonyl (C=O) groups excluding carboxylic acids is 1. The zero-order valence-corrected chi connectivity index (χ0v) is 11.6. The number of epoxide rings is 1. The van der Waals surface area contributed by atoms with Gasteiger partial charge in [-0.2, -0.15) is 0 Å². The van der Waals surface area contributed by atoms with Crippen LogP contribution in [0.5, 0.6) is 0 Å². The summed E-state index contributed by atoms with van der Waals surface area (Å²) in [4.78, 5) is 10.7. The third-order valence-corrected chi connectivity index (χ3v) is 3.31. The van der Waals surface area contributed by atoms with Crippen LogP contribution in [-0.4, -0.2) is 34.3 Å². The minimum absolute atomic E-state index is 0.247. The molecule has 0 spiro atoms. The van der Waals surface area contributed by atoms with Crippen LogP contribution in [0.25, 0.3) is 0 Å². The van der Waals surface area contributed by atoms with Crippen LogP contribution >= 0.6 is 0 Å². The van der Waals surface area contributed by atoms with Crippen molar-refractivity contribution < 1.29 is 22.7 Å². The SMILES string of the molecule is CC1CO1.COC(=O)NS(=O)(=O)Cc1ccccc1. The number of hydrogen-bond acceptors (Lipinski definition) is 5. The van der Waals surface area contributed by atoms with E-state index in [2.05, 4.69) is 11.7 Å². The van der Waals surface area contributed by atoms with E-state index in [0.29, 0.717) is 11.7 Å². The molecule has 1 aliphatic rings. The van der Waals surface area contributed by atoms with Gasteiger partial charge in [-0.25, -0.2) is 17.9 Å². The van der Waals surface area contributed by atoms with Crippen LogP contribution in [0.2, 0.25) is 0 Å². The van der Waals surface area contributed by atoms with Crippen molar-refractivity contribution in [1.82, 2.24) is 4.72 Å². The number of methoxy groups -OCH3 is 1. The van der Waals surface area contributed by atoms with Gasteiger partial charge in [-0.1, -0.05) is 30.3 Å². The Balaban J connectivity index is 0.000000382. The first kappa shape index (κ1) is 15.5. The van der Waals surface area contributed by atoms with Gasteiger partial charge in [-0.15, -0.1) is 0 Å². The molecule has 1 aliphatic heterocycles. The molecule has 1 amide bonds. The Morgan fingerprint density at radius 2 is 1.95 bits per heavy atom. The first-order chi connectivity index (χ1) is 8.93. The molecule has 1 heterocycles. The zero-order chi connectivity index (χ0) is 14.3. The lowest BCUT2D eigenvalue weighted by molar-refractivity contribution is 0.177. The number of carbonyl (C=O) groups is 1. The van der Waals surface area contributed by atoms with Crippen molar-refractivity contribution in [2.75, 3.05) is 13.7 Å².